The molecule has 0 spiro atoms. The van der Waals surface area contributed by atoms with Crippen LogP contribution in [0.25, 0.3) is 0 Å². The average Bonchev–Trinajstić information content (AvgIpc) is 2.58. The molecule has 0 amide bonds. The third-order valence-corrected chi connectivity index (χ3v) is 4.56. The van der Waals surface area contributed by atoms with Gasteiger partial charge < -0.3 is 5.11 Å². The van der Waals surface area contributed by atoms with Gasteiger partial charge in [-0.3, -0.25) is 0 Å². The second-order valence-electron chi connectivity index (χ2n) is 6.96. The van der Waals surface area contributed by atoms with Gasteiger partial charge in [-0.25, -0.2) is 0 Å². The molecule has 0 atom stereocenters. The average molecular weight is 414 g/mol. The van der Waals surface area contributed by atoms with E-state index in [1.165, 1.54) is 6.92 Å². The van der Waals surface area contributed by atoms with Gasteiger partial charge in [0.2, 0.25) is 0 Å². The minimum atomic E-state index is -6.12. The van der Waals surface area contributed by atoms with Crippen LogP contribution in [0.5, 0.6) is 0 Å². The first kappa shape index (κ1) is 26.4. The van der Waals surface area contributed by atoms with Gasteiger partial charge in [0.05, 0.1) is 0 Å². The molecule has 0 aromatic heterocycles. The molecule has 164 valence electrons. The van der Waals surface area contributed by atoms with Crippen LogP contribution in [0.2, 0.25) is 0 Å². The lowest BCUT2D eigenvalue weighted by Gasteiger charge is -2.37. The Morgan fingerprint density at radius 1 is 0.519 bits per heavy atom. The Morgan fingerprint density at radius 2 is 0.852 bits per heavy atom. The molecule has 0 bridgehead atoms. The molecule has 1 nitrogen and oxygen atoms in total. The Balaban J connectivity index is 4.56. The highest BCUT2D eigenvalue weighted by Gasteiger charge is 2.79. The fraction of sp³-hybridized carbons (Fsp3) is 1.00. The Bertz CT molecular complexity index is 399. The van der Waals surface area contributed by atoms with Gasteiger partial charge in [0.1, 0.15) is 0 Å². The summed E-state index contributed by atoms with van der Waals surface area (Å²) in [5.74, 6) is -22.7. The maximum Gasteiger partial charge on any atom is 0.378 e. The van der Waals surface area contributed by atoms with Gasteiger partial charge >= 0.3 is 23.7 Å². The van der Waals surface area contributed by atoms with Crippen molar-refractivity contribution in [2.75, 3.05) is 6.61 Å². The smallest absolute Gasteiger partial charge is 0.378 e. The Labute approximate surface area is 155 Å². The highest BCUT2D eigenvalue weighted by atomic mass is 19.4. The molecule has 0 aliphatic heterocycles. The van der Waals surface area contributed by atoms with Crippen molar-refractivity contribution in [3.63, 3.8) is 0 Å². The van der Waals surface area contributed by atoms with Crippen molar-refractivity contribution in [2.24, 2.45) is 0 Å². The number of aliphatic hydroxyl groups excluding tert-OH is 1. The second-order valence-corrected chi connectivity index (χ2v) is 6.96. The molecule has 1 N–H and O–H groups in total. The van der Waals surface area contributed by atoms with Crippen molar-refractivity contribution < 1.29 is 40.2 Å². The molecule has 0 aromatic carbocycles. The third kappa shape index (κ3) is 7.38. The standard InChI is InChI=1S/C18H30F8O/c1-2-3-12-15(19,20)17(23,24)18(25,26)16(21,22)13-10-8-6-4-5-7-9-11-14-27/h27H,2-14H2,1H3. The molecule has 0 rings (SSSR count). The summed E-state index contributed by atoms with van der Waals surface area (Å²) < 4.78 is 109. The zero-order valence-electron chi connectivity index (χ0n) is 15.7. The van der Waals surface area contributed by atoms with E-state index in [0.717, 1.165) is 19.3 Å². The maximum absolute atomic E-state index is 13.7. The Morgan fingerprint density at radius 3 is 1.22 bits per heavy atom. The van der Waals surface area contributed by atoms with Gasteiger partial charge in [0.15, 0.2) is 0 Å². The summed E-state index contributed by atoms with van der Waals surface area (Å²) in [6, 6.07) is 0. The summed E-state index contributed by atoms with van der Waals surface area (Å²) in [7, 11) is 0. The van der Waals surface area contributed by atoms with E-state index in [4.69, 9.17) is 5.11 Å². The summed E-state index contributed by atoms with van der Waals surface area (Å²) in [6.45, 7) is 1.49. The van der Waals surface area contributed by atoms with Crippen LogP contribution in [0.4, 0.5) is 35.1 Å². The van der Waals surface area contributed by atoms with Crippen molar-refractivity contribution in [1.29, 1.82) is 0 Å². The zero-order chi connectivity index (χ0) is 21.2. The normalized spacial score (nSPS) is 14.0. The van der Waals surface area contributed by atoms with Crippen LogP contribution in [-0.2, 0) is 0 Å². The molecule has 0 aliphatic rings. The maximum atomic E-state index is 13.7. The number of rotatable bonds is 16. The monoisotopic (exact) mass is 414 g/mol. The number of unbranched alkanes of at least 4 members (excludes halogenated alkanes) is 8. The van der Waals surface area contributed by atoms with E-state index in [-0.39, 0.29) is 19.4 Å². The van der Waals surface area contributed by atoms with E-state index in [2.05, 4.69) is 0 Å². The fourth-order valence-corrected chi connectivity index (χ4v) is 2.69. The molecule has 27 heavy (non-hydrogen) atoms. The minimum absolute atomic E-state index is 0.0492. The third-order valence-electron chi connectivity index (χ3n) is 4.56. The van der Waals surface area contributed by atoms with Crippen LogP contribution >= 0.6 is 0 Å². The van der Waals surface area contributed by atoms with E-state index < -0.39 is 49.4 Å². The van der Waals surface area contributed by atoms with Crippen molar-refractivity contribution in [2.45, 2.75) is 108 Å². The summed E-state index contributed by atoms with van der Waals surface area (Å²) in [5, 5.41) is 8.60. The molecule has 9 heteroatoms. The number of hydrogen-bond acceptors (Lipinski definition) is 1. The first-order valence-electron chi connectivity index (χ1n) is 9.49. The highest BCUT2D eigenvalue weighted by Crippen LogP contribution is 2.55. The number of hydrogen-bond donors (Lipinski definition) is 1. The summed E-state index contributed by atoms with van der Waals surface area (Å²) in [6.07, 6.45) is 0.364. The minimum Gasteiger partial charge on any atom is -0.396 e. The number of alkyl halides is 8. The lowest BCUT2D eigenvalue weighted by molar-refractivity contribution is -0.368. The predicted octanol–water partition coefficient (Wildman–Crippen LogP) is 7.22. The van der Waals surface area contributed by atoms with Gasteiger partial charge in [-0.2, -0.15) is 35.1 Å². The van der Waals surface area contributed by atoms with Gasteiger partial charge in [0, 0.05) is 19.4 Å². The van der Waals surface area contributed by atoms with Crippen LogP contribution in [-0.4, -0.2) is 35.4 Å². The first-order valence-corrected chi connectivity index (χ1v) is 9.49. The lowest BCUT2D eigenvalue weighted by Crippen LogP contribution is -2.62. The van der Waals surface area contributed by atoms with E-state index >= 15 is 0 Å². The fourth-order valence-electron chi connectivity index (χ4n) is 2.69. The predicted molar refractivity (Wildman–Crippen MR) is 88.0 cm³/mol. The summed E-state index contributed by atoms with van der Waals surface area (Å²) >= 11 is 0. The molecule has 0 saturated heterocycles. The highest BCUT2D eigenvalue weighted by molar-refractivity contribution is 5.03. The van der Waals surface area contributed by atoms with E-state index in [1.807, 2.05) is 0 Å². The molecule has 0 aliphatic carbocycles. The topological polar surface area (TPSA) is 20.2 Å². The quantitative estimate of drug-likeness (QED) is 0.209. The molecule has 0 saturated carbocycles. The second kappa shape index (κ2) is 11.4. The summed E-state index contributed by atoms with van der Waals surface area (Å²) in [5.41, 5.74) is 0. The van der Waals surface area contributed by atoms with E-state index in [9.17, 15) is 35.1 Å². The molecule has 0 heterocycles. The first-order chi connectivity index (χ1) is 12.4. The largest absolute Gasteiger partial charge is 0.396 e. The van der Waals surface area contributed by atoms with Crippen LogP contribution in [0, 0.1) is 0 Å². The Kier molecular flexibility index (Phi) is 11.2. The molecule has 0 radical (unpaired) electrons. The van der Waals surface area contributed by atoms with Gasteiger partial charge in [-0.05, 0) is 19.3 Å². The summed E-state index contributed by atoms with van der Waals surface area (Å²) in [4.78, 5) is 0. The van der Waals surface area contributed by atoms with Crippen molar-refractivity contribution in [3.05, 3.63) is 0 Å². The van der Waals surface area contributed by atoms with Crippen LogP contribution in [0.15, 0.2) is 0 Å². The molecule has 0 unspecified atom stereocenters. The SMILES string of the molecule is CCCCC(F)(F)C(F)(F)C(F)(F)C(F)(F)CCCCCCCCCCO. The van der Waals surface area contributed by atoms with Gasteiger partial charge in [0.25, 0.3) is 0 Å². The van der Waals surface area contributed by atoms with E-state index in [1.54, 1.807) is 0 Å². The zero-order valence-corrected chi connectivity index (χ0v) is 15.7. The molecule has 0 fully saturated rings. The lowest BCUT2D eigenvalue weighted by atomic mass is 9.92. The van der Waals surface area contributed by atoms with Crippen LogP contribution < -0.4 is 0 Å². The van der Waals surface area contributed by atoms with Gasteiger partial charge in [-0.1, -0.05) is 51.9 Å². The molecule has 0 aromatic rings. The number of halogens is 8. The van der Waals surface area contributed by atoms with Crippen molar-refractivity contribution in [1.82, 2.24) is 0 Å². The van der Waals surface area contributed by atoms with Crippen LogP contribution in [0.3, 0.4) is 0 Å². The molecular formula is C18H30F8O. The molecular weight excluding hydrogens is 384 g/mol. The van der Waals surface area contributed by atoms with Crippen molar-refractivity contribution in [3.8, 4) is 0 Å². The van der Waals surface area contributed by atoms with Gasteiger partial charge in [-0.15, -0.1) is 0 Å². The number of aliphatic hydroxyl groups is 1. The van der Waals surface area contributed by atoms with Crippen LogP contribution in [0.1, 0.15) is 84.0 Å². The van der Waals surface area contributed by atoms with E-state index in [0.29, 0.717) is 19.3 Å². The van der Waals surface area contributed by atoms with Crippen molar-refractivity contribution >= 4 is 0 Å². The Hall–Kier alpha value is -0.600.